The van der Waals surface area contributed by atoms with Crippen LogP contribution in [0.2, 0.25) is 0 Å². The summed E-state index contributed by atoms with van der Waals surface area (Å²) < 4.78 is 37.6. The van der Waals surface area contributed by atoms with E-state index in [0.717, 1.165) is 28.7 Å². The minimum atomic E-state index is -3.41. The van der Waals surface area contributed by atoms with Crippen LogP contribution in [0, 0.1) is 16.7 Å². The third-order valence-corrected chi connectivity index (χ3v) is 13.1. The Morgan fingerprint density at radius 2 is 1.49 bits per heavy atom. The molecule has 0 unspecified atom stereocenters. The fourth-order valence-electron chi connectivity index (χ4n) is 7.55. The van der Waals surface area contributed by atoms with Crippen molar-refractivity contribution < 1.29 is 41.3 Å². The van der Waals surface area contributed by atoms with E-state index in [1.54, 1.807) is 26.8 Å². The molecule has 5 atom stereocenters. The molecular weight excluding hydrogens is 769 g/mol. The number of hydrogen-bond acceptors (Lipinski definition) is 8. The van der Waals surface area contributed by atoms with Crippen LogP contribution >= 0.6 is 0 Å². The van der Waals surface area contributed by atoms with Gasteiger partial charge < -0.3 is 25.4 Å². The SMILES string of the molecule is C=C[C@@H]1C[C@]1(CC)C(=O)NS(=O)(=O)C1CC1.CC(C)(C)OC(=O)N[C@H](C(=O)N1C[C@](OCc2ccccc2)(c2ccc(-c3ccccc3)cc2)C[C@@H]1C(N)=O)C(C)(C)C.[HH].[HH].[HH]. The quantitative estimate of drug-likeness (QED) is 0.147. The molecule has 1 heterocycles. The number of allylic oxidation sites excluding steroid dienone is 1. The molecule has 3 aromatic rings. The van der Waals surface area contributed by atoms with Gasteiger partial charge in [0.2, 0.25) is 27.7 Å². The van der Waals surface area contributed by atoms with Gasteiger partial charge in [0.05, 0.1) is 23.8 Å². The predicted octanol–water partition coefficient (Wildman–Crippen LogP) is 7.73. The molecule has 13 heteroatoms. The van der Waals surface area contributed by atoms with Gasteiger partial charge in [-0.1, -0.05) is 119 Å². The summed E-state index contributed by atoms with van der Waals surface area (Å²) in [7, 11) is -3.41. The Bertz CT molecular complexity index is 2110. The molecule has 6 rings (SSSR count). The lowest BCUT2D eigenvalue weighted by Crippen LogP contribution is -2.58. The van der Waals surface area contributed by atoms with Gasteiger partial charge in [0.25, 0.3) is 0 Å². The maximum absolute atomic E-state index is 14.2. The number of alkyl carbamates (subject to hydrolysis) is 1. The Balaban J connectivity index is 0.000000586. The smallest absolute Gasteiger partial charge is 0.408 e. The molecule has 2 saturated carbocycles. The number of carbonyl (C=O) groups excluding carboxylic acids is 4. The van der Waals surface area contributed by atoms with Crippen LogP contribution in [0.15, 0.2) is 97.6 Å². The first-order valence-corrected chi connectivity index (χ1v) is 21.8. The van der Waals surface area contributed by atoms with Crippen LogP contribution in [0.1, 0.15) is 96.0 Å². The highest BCUT2D eigenvalue weighted by atomic mass is 32.2. The highest BCUT2D eigenvalue weighted by Gasteiger charge is 2.58. The van der Waals surface area contributed by atoms with Gasteiger partial charge in [-0.2, -0.15) is 0 Å². The lowest BCUT2D eigenvalue weighted by molar-refractivity contribution is -0.142. The molecule has 0 radical (unpaired) electrons. The monoisotopic (exact) mass is 834 g/mol. The van der Waals surface area contributed by atoms with E-state index < -0.39 is 62.0 Å². The summed E-state index contributed by atoms with van der Waals surface area (Å²) in [5.74, 6) is -1.27. The Morgan fingerprint density at radius 3 is 1.98 bits per heavy atom. The summed E-state index contributed by atoms with van der Waals surface area (Å²) in [5.41, 5.74) is 6.87. The van der Waals surface area contributed by atoms with Gasteiger partial charge >= 0.3 is 6.09 Å². The van der Waals surface area contributed by atoms with Gasteiger partial charge in [-0.05, 0) is 80.0 Å². The normalized spacial score (nSPS) is 23.2. The number of amides is 4. The molecule has 3 aromatic carbocycles. The van der Waals surface area contributed by atoms with Crippen molar-refractivity contribution in [3.8, 4) is 11.1 Å². The predicted molar refractivity (Wildman–Crippen MR) is 234 cm³/mol. The Hall–Kier alpha value is -5.01. The van der Waals surface area contributed by atoms with Crippen molar-refractivity contribution in [2.75, 3.05) is 6.54 Å². The Labute approximate surface area is 353 Å². The van der Waals surface area contributed by atoms with Gasteiger partial charge in [0.1, 0.15) is 23.3 Å². The summed E-state index contributed by atoms with van der Waals surface area (Å²) in [5, 5.41) is 2.41. The summed E-state index contributed by atoms with van der Waals surface area (Å²) in [6, 6.07) is 25.9. The summed E-state index contributed by atoms with van der Waals surface area (Å²) in [6.07, 6.45) is 3.94. The number of hydrogen-bond donors (Lipinski definition) is 3. The average Bonchev–Trinajstić information content (AvgIpc) is 4.12. The number of rotatable bonds is 13. The zero-order valence-corrected chi connectivity index (χ0v) is 36.1. The molecule has 0 spiro atoms. The standard InChI is InChI=1S/C35H43N3O5.C11H17NO3S.3H2/c1-33(2,3)29(37-32(41)43-34(4,5)6)31(40)38-23-35(21-28(38)30(36)39,42-22-24-13-9-7-10-14-24)27-19-17-26(18-20-27)25-15-11-8-12-16-25;1-3-8-7-11(8,4-2)10(13)12-16(14,15)9-5-6-9;;;/h7-20,28-29H,21-23H2,1-6H3,(H2,36,39)(H,37,41);3,8-9H,1,4-7H2,2H3,(H,12,13);3*1H/t28-,29-,35+;8-,11+;;;/m11.../s1. The van der Waals surface area contributed by atoms with E-state index in [4.69, 9.17) is 15.2 Å². The van der Waals surface area contributed by atoms with E-state index in [2.05, 4.69) is 16.6 Å². The minimum absolute atomic E-state index is 0. The first kappa shape index (κ1) is 45.1. The number of nitrogens with zero attached hydrogens (tertiary/aromatic N) is 1. The van der Waals surface area contributed by atoms with Crippen molar-refractivity contribution in [3.63, 3.8) is 0 Å². The van der Waals surface area contributed by atoms with Crippen molar-refractivity contribution in [2.24, 2.45) is 22.5 Å². The topological polar surface area (TPSA) is 174 Å². The molecule has 1 aliphatic heterocycles. The van der Waals surface area contributed by atoms with Crippen LogP contribution in [0.4, 0.5) is 4.79 Å². The largest absolute Gasteiger partial charge is 0.444 e. The molecule has 0 aromatic heterocycles. The Kier molecular flexibility index (Phi) is 13.5. The number of carbonyl (C=O) groups is 4. The second kappa shape index (κ2) is 17.7. The third-order valence-electron chi connectivity index (χ3n) is 11.3. The van der Waals surface area contributed by atoms with Crippen LogP contribution in [-0.2, 0) is 46.1 Å². The van der Waals surface area contributed by atoms with Gasteiger partial charge in [0.15, 0.2) is 0 Å². The van der Waals surface area contributed by atoms with Crippen LogP contribution in [0.5, 0.6) is 0 Å². The van der Waals surface area contributed by atoms with Crippen molar-refractivity contribution in [1.82, 2.24) is 14.9 Å². The fourth-order valence-corrected chi connectivity index (χ4v) is 8.94. The zero-order valence-electron chi connectivity index (χ0n) is 35.3. The van der Waals surface area contributed by atoms with Crippen molar-refractivity contribution in [2.45, 2.75) is 116 Å². The number of ether oxygens (including phenoxy) is 2. The number of nitrogens with two attached hydrogens (primary N) is 1. The Morgan fingerprint density at radius 1 is 0.915 bits per heavy atom. The third kappa shape index (κ3) is 11.0. The first-order chi connectivity index (χ1) is 27.6. The lowest BCUT2D eigenvalue weighted by Gasteiger charge is -2.36. The van der Waals surface area contributed by atoms with E-state index >= 15 is 0 Å². The lowest BCUT2D eigenvalue weighted by atomic mass is 9.85. The fraction of sp³-hybridized carbons (Fsp3) is 0.478. The van der Waals surface area contributed by atoms with Crippen LogP contribution in [-0.4, -0.2) is 66.6 Å². The maximum atomic E-state index is 14.2. The van der Waals surface area contributed by atoms with Gasteiger partial charge in [-0.25, -0.2) is 13.2 Å². The maximum Gasteiger partial charge on any atom is 0.408 e. The molecule has 12 nitrogen and oxygen atoms in total. The summed E-state index contributed by atoms with van der Waals surface area (Å²) in [6.45, 7) is 16.7. The minimum Gasteiger partial charge on any atom is -0.444 e. The van der Waals surface area contributed by atoms with Crippen molar-refractivity contribution in [1.29, 1.82) is 0 Å². The molecule has 2 aliphatic carbocycles. The molecule has 4 amide bonds. The van der Waals surface area contributed by atoms with Crippen molar-refractivity contribution >= 4 is 33.8 Å². The highest BCUT2D eigenvalue weighted by molar-refractivity contribution is 7.90. The number of sulfonamides is 1. The van der Waals surface area contributed by atoms with Crippen LogP contribution < -0.4 is 15.8 Å². The average molecular weight is 835 g/mol. The molecular formula is C46H66N4O8S. The molecule has 59 heavy (non-hydrogen) atoms. The number of primary amides is 1. The van der Waals surface area contributed by atoms with Crippen LogP contribution in [0.25, 0.3) is 11.1 Å². The molecule has 1 saturated heterocycles. The van der Waals surface area contributed by atoms with Crippen molar-refractivity contribution in [3.05, 3.63) is 109 Å². The van der Waals surface area contributed by atoms with Crippen LogP contribution in [0.3, 0.4) is 0 Å². The van der Waals surface area contributed by atoms with E-state index in [0.29, 0.717) is 19.3 Å². The number of nitrogens with one attached hydrogen (secondary N) is 2. The molecule has 324 valence electrons. The van der Waals surface area contributed by atoms with Gasteiger partial charge in [-0.3, -0.25) is 19.1 Å². The van der Waals surface area contributed by atoms with E-state index in [1.807, 2.05) is 113 Å². The van der Waals surface area contributed by atoms with E-state index in [1.165, 1.54) is 4.90 Å². The molecule has 3 fully saturated rings. The van der Waals surface area contributed by atoms with Gasteiger partial charge in [0, 0.05) is 10.7 Å². The first-order valence-electron chi connectivity index (χ1n) is 20.3. The molecule has 4 N–H and O–H groups in total. The highest BCUT2D eigenvalue weighted by Crippen LogP contribution is 2.56. The second-order valence-corrected chi connectivity index (χ2v) is 19.9. The molecule has 3 aliphatic rings. The van der Waals surface area contributed by atoms with E-state index in [-0.39, 0.29) is 40.9 Å². The van der Waals surface area contributed by atoms with E-state index in [9.17, 15) is 27.6 Å². The summed E-state index contributed by atoms with van der Waals surface area (Å²) >= 11 is 0. The molecule has 0 bridgehead atoms. The van der Waals surface area contributed by atoms with Gasteiger partial charge in [-0.15, -0.1) is 6.58 Å². The number of benzene rings is 3. The number of likely N-dealkylation sites (tertiary alicyclic amines) is 1. The summed E-state index contributed by atoms with van der Waals surface area (Å²) in [4.78, 5) is 53.3. The second-order valence-electron chi connectivity index (χ2n) is 18.0. The zero-order chi connectivity index (χ0) is 43.4.